The Hall–Kier alpha value is -1.32. The highest BCUT2D eigenvalue weighted by Gasteiger charge is 2.16. The lowest BCUT2D eigenvalue weighted by atomic mass is 10.0. The lowest BCUT2D eigenvalue weighted by Gasteiger charge is -2.15. The first-order chi connectivity index (χ1) is 8.20. The molecule has 0 bridgehead atoms. The smallest absolute Gasteiger partial charge is 0.240 e. The summed E-state index contributed by atoms with van der Waals surface area (Å²) in [5, 5.41) is 2.99. The number of hydrogen-bond donors (Lipinski definition) is 1. The van der Waals surface area contributed by atoms with Crippen molar-refractivity contribution in [2.45, 2.75) is 58.5 Å². The van der Waals surface area contributed by atoms with Crippen molar-refractivity contribution >= 4 is 5.91 Å². The summed E-state index contributed by atoms with van der Waals surface area (Å²) >= 11 is 0. The number of aryl methyl sites for hydroxylation is 1. The van der Waals surface area contributed by atoms with E-state index in [-0.39, 0.29) is 11.9 Å². The Morgan fingerprint density at radius 2 is 2.29 bits per heavy atom. The first-order valence-electron chi connectivity index (χ1n) is 6.53. The minimum atomic E-state index is 0.0881. The molecule has 0 saturated carbocycles. The zero-order valence-electron chi connectivity index (χ0n) is 10.7. The molecule has 1 heterocycles. The SMILES string of the molecule is CCC(C)NC(=O)Cn1cnc2c1CCCC2. The first-order valence-corrected chi connectivity index (χ1v) is 6.53. The number of carbonyl (C=O) groups excluding carboxylic acids is 1. The largest absolute Gasteiger partial charge is 0.352 e. The van der Waals surface area contributed by atoms with Crippen LogP contribution in [0.1, 0.15) is 44.5 Å². The summed E-state index contributed by atoms with van der Waals surface area (Å²) in [6.45, 7) is 4.51. The Kier molecular flexibility index (Phi) is 3.82. The second-order valence-corrected chi connectivity index (χ2v) is 4.85. The molecule has 0 spiro atoms. The van der Waals surface area contributed by atoms with Gasteiger partial charge in [0.1, 0.15) is 6.54 Å². The third kappa shape index (κ3) is 2.87. The summed E-state index contributed by atoms with van der Waals surface area (Å²) in [5.41, 5.74) is 2.45. The lowest BCUT2D eigenvalue weighted by Crippen LogP contribution is -2.34. The maximum atomic E-state index is 11.8. The van der Waals surface area contributed by atoms with E-state index in [0.717, 1.165) is 19.3 Å². The monoisotopic (exact) mass is 235 g/mol. The molecular formula is C13H21N3O. The fourth-order valence-corrected chi connectivity index (χ4v) is 2.24. The van der Waals surface area contributed by atoms with Gasteiger partial charge < -0.3 is 9.88 Å². The van der Waals surface area contributed by atoms with Gasteiger partial charge in [-0.15, -0.1) is 0 Å². The molecular weight excluding hydrogens is 214 g/mol. The summed E-state index contributed by atoms with van der Waals surface area (Å²) < 4.78 is 2.01. The van der Waals surface area contributed by atoms with Crippen LogP contribution in [-0.4, -0.2) is 21.5 Å². The third-order valence-electron chi connectivity index (χ3n) is 3.44. The predicted molar refractivity (Wildman–Crippen MR) is 66.8 cm³/mol. The summed E-state index contributed by atoms with van der Waals surface area (Å²) in [4.78, 5) is 16.2. The minimum absolute atomic E-state index is 0.0881. The predicted octanol–water partition coefficient (Wildman–Crippen LogP) is 1.68. The summed E-state index contributed by atoms with van der Waals surface area (Å²) in [7, 11) is 0. The van der Waals surface area contributed by atoms with Gasteiger partial charge in [-0.05, 0) is 39.0 Å². The van der Waals surface area contributed by atoms with Gasteiger partial charge in [-0.2, -0.15) is 0 Å². The van der Waals surface area contributed by atoms with E-state index in [9.17, 15) is 4.79 Å². The molecule has 1 atom stereocenters. The Bertz CT molecular complexity index is 397. The van der Waals surface area contributed by atoms with Crippen molar-refractivity contribution < 1.29 is 4.79 Å². The fraction of sp³-hybridized carbons (Fsp3) is 0.692. The van der Waals surface area contributed by atoms with E-state index in [2.05, 4.69) is 17.2 Å². The number of nitrogens with zero attached hydrogens (tertiary/aromatic N) is 2. The van der Waals surface area contributed by atoms with Gasteiger partial charge in [0.2, 0.25) is 5.91 Å². The maximum Gasteiger partial charge on any atom is 0.240 e. The highest BCUT2D eigenvalue weighted by molar-refractivity contribution is 5.76. The van der Waals surface area contributed by atoms with Crippen LogP contribution in [0.3, 0.4) is 0 Å². The number of imidazole rings is 1. The van der Waals surface area contributed by atoms with Crippen molar-refractivity contribution in [3.63, 3.8) is 0 Å². The first kappa shape index (κ1) is 12.1. The van der Waals surface area contributed by atoms with E-state index in [1.165, 1.54) is 24.2 Å². The van der Waals surface area contributed by atoms with Crippen molar-refractivity contribution in [1.82, 2.24) is 14.9 Å². The fourth-order valence-electron chi connectivity index (χ4n) is 2.24. The molecule has 1 amide bonds. The van der Waals surface area contributed by atoms with Gasteiger partial charge in [-0.1, -0.05) is 6.92 Å². The summed E-state index contributed by atoms with van der Waals surface area (Å²) in [6, 6.07) is 0.252. The molecule has 17 heavy (non-hydrogen) atoms. The second kappa shape index (κ2) is 5.34. The van der Waals surface area contributed by atoms with E-state index in [0.29, 0.717) is 6.54 Å². The van der Waals surface area contributed by atoms with Crippen LogP contribution in [0, 0.1) is 0 Å². The summed E-state index contributed by atoms with van der Waals surface area (Å²) in [5.74, 6) is 0.0881. The van der Waals surface area contributed by atoms with Crippen LogP contribution in [0.2, 0.25) is 0 Å². The third-order valence-corrected chi connectivity index (χ3v) is 3.44. The second-order valence-electron chi connectivity index (χ2n) is 4.85. The number of hydrogen-bond acceptors (Lipinski definition) is 2. The highest BCUT2D eigenvalue weighted by Crippen LogP contribution is 2.19. The molecule has 0 aromatic carbocycles. The van der Waals surface area contributed by atoms with Gasteiger partial charge in [-0.3, -0.25) is 4.79 Å². The Morgan fingerprint density at radius 1 is 1.53 bits per heavy atom. The molecule has 1 aromatic heterocycles. The molecule has 1 unspecified atom stereocenters. The molecule has 1 aromatic rings. The number of rotatable bonds is 4. The van der Waals surface area contributed by atoms with E-state index >= 15 is 0 Å². The van der Waals surface area contributed by atoms with Gasteiger partial charge in [0.05, 0.1) is 12.0 Å². The number of carbonyl (C=O) groups is 1. The van der Waals surface area contributed by atoms with Crippen LogP contribution in [0.5, 0.6) is 0 Å². The summed E-state index contributed by atoms with van der Waals surface area (Å²) in [6.07, 6.45) is 7.34. The molecule has 4 nitrogen and oxygen atoms in total. The van der Waals surface area contributed by atoms with E-state index in [1.807, 2.05) is 17.8 Å². The molecule has 1 aliphatic rings. The standard InChI is InChI=1S/C13H21N3O/c1-3-10(2)15-13(17)8-16-9-14-11-6-4-5-7-12(11)16/h9-10H,3-8H2,1-2H3,(H,15,17). The molecule has 0 saturated heterocycles. The van der Waals surface area contributed by atoms with Crippen LogP contribution < -0.4 is 5.32 Å². The molecule has 0 fully saturated rings. The zero-order chi connectivity index (χ0) is 12.3. The number of aromatic nitrogens is 2. The minimum Gasteiger partial charge on any atom is -0.352 e. The van der Waals surface area contributed by atoms with Crippen LogP contribution in [-0.2, 0) is 24.2 Å². The lowest BCUT2D eigenvalue weighted by molar-refractivity contribution is -0.122. The van der Waals surface area contributed by atoms with Crippen molar-refractivity contribution in [2.75, 3.05) is 0 Å². The van der Waals surface area contributed by atoms with Crippen molar-refractivity contribution in [2.24, 2.45) is 0 Å². The maximum absolute atomic E-state index is 11.8. The molecule has 1 aliphatic carbocycles. The Labute approximate surface area is 102 Å². The average molecular weight is 235 g/mol. The molecule has 4 heteroatoms. The zero-order valence-corrected chi connectivity index (χ0v) is 10.7. The average Bonchev–Trinajstić information content (AvgIpc) is 2.72. The Balaban J connectivity index is 1.99. The van der Waals surface area contributed by atoms with Crippen LogP contribution in [0.15, 0.2) is 6.33 Å². The van der Waals surface area contributed by atoms with E-state index in [1.54, 1.807) is 0 Å². The van der Waals surface area contributed by atoms with Gasteiger partial charge >= 0.3 is 0 Å². The Morgan fingerprint density at radius 3 is 3.06 bits per heavy atom. The van der Waals surface area contributed by atoms with Crippen LogP contribution >= 0.6 is 0 Å². The van der Waals surface area contributed by atoms with Crippen LogP contribution in [0.25, 0.3) is 0 Å². The van der Waals surface area contributed by atoms with Crippen molar-refractivity contribution in [1.29, 1.82) is 0 Å². The normalized spacial score (nSPS) is 16.4. The van der Waals surface area contributed by atoms with Crippen molar-refractivity contribution in [3.8, 4) is 0 Å². The van der Waals surface area contributed by atoms with Gasteiger partial charge in [0.25, 0.3) is 0 Å². The molecule has 94 valence electrons. The van der Waals surface area contributed by atoms with E-state index < -0.39 is 0 Å². The van der Waals surface area contributed by atoms with Gasteiger partial charge in [-0.25, -0.2) is 4.98 Å². The topological polar surface area (TPSA) is 46.9 Å². The van der Waals surface area contributed by atoms with Gasteiger partial charge in [0.15, 0.2) is 0 Å². The quantitative estimate of drug-likeness (QED) is 0.863. The number of nitrogens with one attached hydrogen (secondary N) is 1. The molecule has 1 N–H and O–H groups in total. The highest BCUT2D eigenvalue weighted by atomic mass is 16.2. The molecule has 0 aliphatic heterocycles. The molecule has 2 rings (SSSR count). The van der Waals surface area contributed by atoms with Gasteiger partial charge in [0, 0.05) is 11.7 Å². The van der Waals surface area contributed by atoms with Crippen LogP contribution in [0.4, 0.5) is 0 Å². The van der Waals surface area contributed by atoms with Crippen molar-refractivity contribution in [3.05, 3.63) is 17.7 Å². The molecule has 0 radical (unpaired) electrons. The van der Waals surface area contributed by atoms with E-state index in [4.69, 9.17) is 0 Å². The number of amides is 1. The number of fused-ring (bicyclic) bond motifs is 1.